The van der Waals surface area contributed by atoms with E-state index in [2.05, 4.69) is 43.2 Å². The van der Waals surface area contributed by atoms with Crippen molar-refractivity contribution in [2.75, 3.05) is 6.54 Å². The summed E-state index contributed by atoms with van der Waals surface area (Å²) in [6, 6.07) is 0.373. The zero-order valence-corrected chi connectivity index (χ0v) is 8.89. The molecule has 0 saturated carbocycles. The molecule has 3 nitrogen and oxygen atoms in total. The summed E-state index contributed by atoms with van der Waals surface area (Å²) in [4.78, 5) is 0. The monoisotopic (exact) mass is 181 g/mol. The number of nitrogens with zero attached hydrogens (tertiary/aromatic N) is 1. The van der Waals surface area contributed by atoms with Gasteiger partial charge in [-0.2, -0.15) is 5.10 Å². The normalized spacial score (nSPS) is 14.5. The van der Waals surface area contributed by atoms with E-state index in [4.69, 9.17) is 0 Å². The van der Waals surface area contributed by atoms with Crippen LogP contribution in [-0.2, 0) is 0 Å². The molecule has 0 saturated heterocycles. The molecule has 2 N–H and O–H groups in total. The van der Waals surface area contributed by atoms with Crippen LogP contribution in [0.3, 0.4) is 0 Å². The number of hydrogen-bond donors (Lipinski definition) is 2. The third-order valence-electron chi connectivity index (χ3n) is 1.96. The molecule has 0 fully saturated rings. The Bertz CT molecular complexity index is 233. The van der Waals surface area contributed by atoms with E-state index in [0.717, 1.165) is 6.54 Å². The van der Waals surface area contributed by atoms with Gasteiger partial charge in [0.2, 0.25) is 0 Å². The predicted molar refractivity (Wildman–Crippen MR) is 54.5 cm³/mol. The first-order chi connectivity index (χ1) is 5.99. The van der Waals surface area contributed by atoms with Crippen molar-refractivity contribution in [3.8, 4) is 0 Å². The molecule has 1 aromatic rings. The molecule has 1 aromatic heterocycles. The second kappa shape index (κ2) is 3.92. The van der Waals surface area contributed by atoms with Gasteiger partial charge in [0.05, 0.1) is 6.20 Å². The molecular formula is C10H19N3. The molecule has 1 rings (SSSR count). The van der Waals surface area contributed by atoms with Crippen molar-refractivity contribution in [2.45, 2.75) is 33.7 Å². The van der Waals surface area contributed by atoms with Gasteiger partial charge < -0.3 is 5.32 Å². The number of aromatic nitrogens is 2. The van der Waals surface area contributed by atoms with Gasteiger partial charge in [0.1, 0.15) is 0 Å². The van der Waals surface area contributed by atoms with Crippen LogP contribution in [0.25, 0.3) is 0 Å². The molecule has 0 aliphatic carbocycles. The maximum Gasteiger partial charge on any atom is 0.0534 e. The lowest BCUT2D eigenvalue weighted by atomic mass is 9.96. The highest BCUT2D eigenvalue weighted by molar-refractivity contribution is 5.07. The number of nitrogens with one attached hydrogen (secondary N) is 2. The molecule has 3 heteroatoms. The Kier molecular flexibility index (Phi) is 3.09. The molecule has 0 bridgehead atoms. The Morgan fingerprint density at radius 1 is 1.54 bits per heavy atom. The summed E-state index contributed by atoms with van der Waals surface area (Å²) in [5.41, 5.74) is 1.54. The Morgan fingerprint density at radius 2 is 2.23 bits per heavy atom. The molecule has 0 spiro atoms. The van der Waals surface area contributed by atoms with E-state index in [1.165, 1.54) is 5.56 Å². The van der Waals surface area contributed by atoms with Gasteiger partial charge in [-0.3, -0.25) is 5.10 Å². The highest BCUT2D eigenvalue weighted by atomic mass is 15.1. The van der Waals surface area contributed by atoms with Crippen molar-refractivity contribution >= 4 is 0 Å². The highest BCUT2D eigenvalue weighted by Crippen LogP contribution is 2.15. The van der Waals surface area contributed by atoms with Crippen LogP contribution in [0.15, 0.2) is 12.4 Å². The summed E-state index contributed by atoms with van der Waals surface area (Å²) < 4.78 is 0. The van der Waals surface area contributed by atoms with Gasteiger partial charge in [0, 0.05) is 24.3 Å². The smallest absolute Gasteiger partial charge is 0.0534 e. The minimum Gasteiger partial charge on any atom is -0.310 e. The Balaban J connectivity index is 2.39. The molecule has 0 aliphatic rings. The molecule has 1 atom stereocenters. The van der Waals surface area contributed by atoms with E-state index in [9.17, 15) is 0 Å². The lowest BCUT2D eigenvalue weighted by Gasteiger charge is -2.21. The molecule has 0 radical (unpaired) electrons. The fourth-order valence-electron chi connectivity index (χ4n) is 1.07. The molecule has 1 heterocycles. The van der Waals surface area contributed by atoms with Crippen LogP contribution in [-0.4, -0.2) is 16.7 Å². The standard InChI is InChI=1S/C10H19N3/c1-8(9-5-12-13-6-9)11-7-10(2,3)4/h5-6,8,11H,7H2,1-4H3,(H,12,13). The van der Waals surface area contributed by atoms with Crippen LogP contribution >= 0.6 is 0 Å². The van der Waals surface area contributed by atoms with Crippen LogP contribution in [0.5, 0.6) is 0 Å². The summed E-state index contributed by atoms with van der Waals surface area (Å²) in [5.74, 6) is 0. The second-order valence-electron chi connectivity index (χ2n) is 4.69. The van der Waals surface area contributed by atoms with Gasteiger partial charge in [-0.15, -0.1) is 0 Å². The highest BCUT2D eigenvalue weighted by Gasteiger charge is 2.12. The maximum absolute atomic E-state index is 3.92. The summed E-state index contributed by atoms with van der Waals surface area (Å²) in [6.45, 7) is 9.84. The first-order valence-electron chi connectivity index (χ1n) is 4.71. The predicted octanol–water partition coefficient (Wildman–Crippen LogP) is 2.11. The summed E-state index contributed by atoms with van der Waals surface area (Å²) in [6.07, 6.45) is 3.79. The van der Waals surface area contributed by atoms with E-state index in [0.29, 0.717) is 11.5 Å². The number of aromatic amines is 1. The largest absolute Gasteiger partial charge is 0.310 e. The van der Waals surface area contributed by atoms with Gasteiger partial charge in [0.25, 0.3) is 0 Å². The zero-order chi connectivity index (χ0) is 9.90. The minimum absolute atomic E-state index is 0.331. The van der Waals surface area contributed by atoms with Crippen molar-refractivity contribution in [1.29, 1.82) is 0 Å². The van der Waals surface area contributed by atoms with Gasteiger partial charge in [0.15, 0.2) is 0 Å². The molecule has 1 unspecified atom stereocenters. The Morgan fingerprint density at radius 3 is 2.69 bits per heavy atom. The third kappa shape index (κ3) is 3.59. The van der Waals surface area contributed by atoms with Crippen molar-refractivity contribution in [3.63, 3.8) is 0 Å². The first kappa shape index (κ1) is 10.3. The molecule has 0 aromatic carbocycles. The number of rotatable bonds is 3. The van der Waals surface area contributed by atoms with Crippen molar-refractivity contribution in [2.24, 2.45) is 5.41 Å². The van der Waals surface area contributed by atoms with Crippen LogP contribution in [0.1, 0.15) is 39.3 Å². The SMILES string of the molecule is CC(NCC(C)(C)C)c1cn[nH]c1. The van der Waals surface area contributed by atoms with E-state index in [-0.39, 0.29) is 0 Å². The Labute approximate surface area is 79.9 Å². The topological polar surface area (TPSA) is 40.7 Å². The Hall–Kier alpha value is -0.830. The molecule has 0 aliphatic heterocycles. The zero-order valence-electron chi connectivity index (χ0n) is 8.89. The van der Waals surface area contributed by atoms with E-state index in [1.54, 1.807) is 0 Å². The quantitative estimate of drug-likeness (QED) is 0.749. The van der Waals surface area contributed by atoms with E-state index < -0.39 is 0 Å². The van der Waals surface area contributed by atoms with E-state index >= 15 is 0 Å². The first-order valence-corrected chi connectivity index (χ1v) is 4.71. The van der Waals surface area contributed by atoms with E-state index in [1.807, 2.05) is 12.4 Å². The minimum atomic E-state index is 0.331. The van der Waals surface area contributed by atoms with Gasteiger partial charge in [-0.05, 0) is 12.3 Å². The van der Waals surface area contributed by atoms with Crippen LogP contribution in [0.4, 0.5) is 0 Å². The molecular weight excluding hydrogens is 162 g/mol. The molecule has 13 heavy (non-hydrogen) atoms. The van der Waals surface area contributed by atoms with Crippen LogP contribution < -0.4 is 5.32 Å². The molecule has 74 valence electrons. The summed E-state index contributed by atoms with van der Waals surface area (Å²) >= 11 is 0. The van der Waals surface area contributed by atoms with Crippen molar-refractivity contribution in [1.82, 2.24) is 15.5 Å². The van der Waals surface area contributed by atoms with Crippen LogP contribution in [0.2, 0.25) is 0 Å². The van der Waals surface area contributed by atoms with Crippen molar-refractivity contribution < 1.29 is 0 Å². The summed E-state index contributed by atoms with van der Waals surface area (Å²) in [5, 5.41) is 10.2. The van der Waals surface area contributed by atoms with Gasteiger partial charge >= 0.3 is 0 Å². The fourth-order valence-corrected chi connectivity index (χ4v) is 1.07. The van der Waals surface area contributed by atoms with Gasteiger partial charge in [-0.1, -0.05) is 20.8 Å². The number of hydrogen-bond acceptors (Lipinski definition) is 2. The fraction of sp³-hybridized carbons (Fsp3) is 0.700. The lowest BCUT2D eigenvalue weighted by Crippen LogP contribution is -2.28. The summed E-state index contributed by atoms with van der Waals surface area (Å²) in [7, 11) is 0. The van der Waals surface area contributed by atoms with Crippen LogP contribution in [0, 0.1) is 5.41 Å². The second-order valence-corrected chi connectivity index (χ2v) is 4.69. The lowest BCUT2D eigenvalue weighted by molar-refractivity contribution is 0.359. The molecule has 0 amide bonds. The number of H-pyrrole nitrogens is 1. The maximum atomic E-state index is 3.92. The van der Waals surface area contributed by atoms with Crippen molar-refractivity contribution in [3.05, 3.63) is 18.0 Å². The average molecular weight is 181 g/mol. The third-order valence-corrected chi connectivity index (χ3v) is 1.96. The van der Waals surface area contributed by atoms with Gasteiger partial charge in [-0.25, -0.2) is 0 Å². The average Bonchev–Trinajstić information content (AvgIpc) is 2.50.